The second-order valence-electron chi connectivity index (χ2n) is 5.29. The van der Waals surface area contributed by atoms with E-state index in [0.717, 1.165) is 38.2 Å². The van der Waals surface area contributed by atoms with Crippen molar-refractivity contribution in [2.45, 2.75) is 25.8 Å². The van der Waals surface area contributed by atoms with Gasteiger partial charge in [0.2, 0.25) is 17.8 Å². The first-order valence-electron chi connectivity index (χ1n) is 7.33. The van der Waals surface area contributed by atoms with Crippen LogP contribution < -0.4 is 15.5 Å². The Kier molecular flexibility index (Phi) is 3.86. The molecule has 2 unspecified atom stereocenters. The molecule has 2 aliphatic rings. The number of hydrogen-bond donors (Lipinski definition) is 2. The SMILES string of the molecule is CCC1CC1Nc1nc(NC)nc(N2CCOCC2)n1. The van der Waals surface area contributed by atoms with E-state index >= 15 is 0 Å². The highest BCUT2D eigenvalue weighted by Gasteiger charge is 2.36. The van der Waals surface area contributed by atoms with Crippen LogP contribution in [0.25, 0.3) is 0 Å². The van der Waals surface area contributed by atoms with Crippen LogP contribution in [0.4, 0.5) is 17.8 Å². The van der Waals surface area contributed by atoms with Crippen molar-refractivity contribution in [1.82, 2.24) is 15.0 Å². The molecule has 2 atom stereocenters. The maximum absolute atomic E-state index is 5.37. The Morgan fingerprint density at radius 3 is 2.60 bits per heavy atom. The molecule has 110 valence electrons. The van der Waals surface area contributed by atoms with Crippen LogP contribution in [-0.2, 0) is 4.74 Å². The number of aromatic nitrogens is 3. The second kappa shape index (κ2) is 5.78. The van der Waals surface area contributed by atoms with Gasteiger partial charge in [0.15, 0.2) is 0 Å². The number of morpholine rings is 1. The van der Waals surface area contributed by atoms with Gasteiger partial charge >= 0.3 is 0 Å². The first kappa shape index (κ1) is 13.4. The molecule has 0 spiro atoms. The third-order valence-corrected chi connectivity index (χ3v) is 3.90. The van der Waals surface area contributed by atoms with Gasteiger partial charge in [0.05, 0.1) is 13.2 Å². The molecule has 1 aromatic rings. The predicted molar refractivity (Wildman–Crippen MR) is 78.2 cm³/mol. The third-order valence-electron chi connectivity index (χ3n) is 3.90. The molecule has 0 radical (unpaired) electrons. The molecule has 3 rings (SSSR count). The van der Waals surface area contributed by atoms with Gasteiger partial charge < -0.3 is 20.3 Å². The van der Waals surface area contributed by atoms with Gasteiger partial charge in [-0.15, -0.1) is 0 Å². The molecular formula is C13H22N6O. The Morgan fingerprint density at radius 2 is 1.95 bits per heavy atom. The minimum atomic E-state index is 0.518. The van der Waals surface area contributed by atoms with E-state index in [1.54, 1.807) is 0 Å². The van der Waals surface area contributed by atoms with Crippen molar-refractivity contribution < 1.29 is 4.74 Å². The highest BCUT2D eigenvalue weighted by Crippen LogP contribution is 2.35. The molecule has 0 aromatic carbocycles. The average molecular weight is 278 g/mol. The summed E-state index contributed by atoms with van der Waals surface area (Å²) in [5, 5.41) is 6.42. The Hall–Kier alpha value is -1.63. The normalized spacial score (nSPS) is 25.4. The average Bonchev–Trinajstić information content (AvgIpc) is 3.26. The smallest absolute Gasteiger partial charge is 0.232 e. The van der Waals surface area contributed by atoms with Crippen molar-refractivity contribution in [3.8, 4) is 0 Å². The Balaban J connectivity index is 1.75. The van der Waals surface area contributed by atoms with Crippen molar-refractivity contribution in [1.29, 1.82) is 0 Å². The number of rotatable bonds is 5. The summed E-state index contributed by atoms with van der Waals surface area (Å²) in [6.07, 6.45) is 2.42. The largest absolute Gasteiger partial charge is 0.378 e. The van der Waals surface area contributed by atoms with Gasteiger partial charge in [-0.3, -0.25) is 0 Å². The van der Waals surface area contributed by atoms with E-state index < -0.39 is 0 Å². The van der Waals surface area contributed by atoms with Crippen LogP contribution in [0.2, 0.25) is 0 Å². The van der Waals surface area contributed by atoms with Gasteiger partial charge in [0, 0.05) is 26.2 Å². The zero-order chi connectivity index (χ0) is 13.9. The van der Waals surface area contributed by atoms with Crippen molar-refractivity contribution in [3.63, 3.8) is 0 Å². The second-order valence-corrected chi connectivity index (χ2v) is 5.29. The van der Waals surface area contributed by atoms with Crippen LogP contribution in [-0.4, -0.2) is 54.3 Å². The van der Waals surface area contributed by atoms with Gasteiger partial charge in [-0.1, -0.05) is 13.3 Å². The van der Waals surface area contributed by atoms with E-state index in [-0.39, 0.29) is 0 Å². The molecular weight excluding hydrogens is 256 g/mol. The van der Waals surface area contributed by atoms with Gasteiger partial charge in [-0.2, -0.15) is 15.0 Å². The van der Waals surface area contributed by atoms with Crippen molar-refractivity contribution in [2.24, 2.45) is 5.92 Å². The predicted octanol–water partition coefficient (Wildman–Crippen LogP) is 0.960. The molecule has 0 bridgehead atoms. The van der Waals surface area contributed by atoms with Gasteiger partial charge in [-0.25, -0.2) is 0 Å². The molecule has 1 saturated heterocycles. The zero-order valence-corrected chi connectivity index (χ0v) is 12.1. The summed E-state index contributed by atoms with van der Waals surface area (Å²) in [6.45, 7) is 5.33. The van der Waals surface area contributed by atoms with Gasteiger partial charge in [0.1, 0.15) is 0 Å². The number of hydrogen-bond acceptors (Lipinski definition) is 7. The van der Waals surface area contributed by atoms with Crippen molar-refractivity contribution >= 4 is 17.8 Å². The van der Waals surface area contributed by atoms with Gasteiger partial charge in [-0.05, 0) is 12.3 Å². The first-order chi connectivity index (χ1) is 9.80. The van der Waals surface area contributed by atoms with Crippen molar-refractivity contribution in [3.05, 3.63) is 0 Å². The summed E-state index contributed by atoms with van der Waals surface area (Å²) < 4.78 is 5.37. The van der Waals surface area contributed by atoms with Crippen LogP contribution in [0.5, 0.6) is 0 Å². The monoisotopic (exact) mass is 278 g/mol. The van der Waals surface area contributed by atoms with Crippen LogP contribution in [0.15, 0.2) is 0 Å². The van der Waals surface area contributed by atoms with E-state index in [1.807, 2.05) is 7.05 Å². The number of nitrogens with zero attached hydrogens (tertiary/aromatic N) is 4. The maximum Gasteiger partial charge on any atom is 0.232 e. The Bertz CT molecular complexity index is 462. The molecule has 7 nitrogen and oxygen atoms in total. The number of nitrogens with one attached hydrogen (secondary N) is 2. The van der Waals surface area contributed by atoms with E-state index in [4.69, 9.17) is 4.74 Å². The lowest BCUT2D eigenvalue weighted by Crippen LogP contribution is -2.37. The summed E-state index contributed by atoms with van der Waals surface area (Å²) in [4.78, 5) is 15.5. The van der Waals surface area contributed by atoms with Gasteiger partial charge in [0.25, 0.3) is 0 Å². The molecule has 2 N–H and O–H groups in total. The van der Waals surface area contributed by atoms with Crippen LogP contribution >= 0.6 is 0 Å². The van der Waals surface area contributed by atoms with E-state index in [2.05, 4.69) is 37.4 Å². The lowest BCUT2D eigenvalue weighted by Gasteiger charge is -2.27. The highest BCUT2D eigenvalue weighted by molar-refractivity contribution is 5.44. The fraction of sp³-hybridized carbons (Fsp3) is 0.769. The summed E-state index contributed by atoms with van der Waals surface area (Å²) in [6, 6.07) is 0.518. The highest BCUT2D eigenvalue weighted by atomic mass is 16.5. The Morgan fingerprint density at radius 1 is 1.20 bits per heavy atom. The first-order valence-corrected chi connectivity index (χ1v) is 7.33. The Labute approximate surface area is 119 Å². The maximum atomic E-state index is 5.37. The molecule has 7 heteroatoms. The lowest BCUT2D eigenvalue weighted by atomic mass is 10.3. The standard InChI is InChI=1S/C13H22N6O/c1-3-9-8-10(9)15-12-16-11(14-2)17-13(18-12)19-4-6-20-7-5-19/h9-10H,3-8H2,1-2H3,(H2,14,15,16,17,18). The zero-order valence-electron chi connectivity index (χ0n) is 12.1. The molecule has 2 heterocycles. The lowest BCUT2D eigenvalue weighted by molar-refractivity contribution is 0.122. The minimum Gasteiger partial charge on any atom is -0.378 e. The fourth-order valence-corrected chi connectivity index (χ4v) is 2.49. The fourth-order valence-electron chi connectivity index (χ4n) is 2.49. The third kappa shape index (κ3) is 2.92. The summed E-state index contributed by atoms with van der Waals surface area (Å²) in [7, 11) is 1.83. The molecule has 0 amide bonds. The van der Waals surface area contributed by atoms with Crippen LogP contribution in [0.1, 0.15) is 19.8 Å². The number of ether oxygens (including phenoxy) is 1. The topological polar surface area (TPSA) is 75.2 Å². The molecule has 20 heavy (non-hydrogen) atoms. The van der Waals surface area contributed by atoms with E-state index in [9.17, 15) is 0 Å². The van der Waals surface area contributed by atoms with E-state index in [1.165, 1.54) is 12.8 Å². The number of anilines is 3. The van der Waals surface area contributed by atoms with E-state index in [0.29, 0.717) is 17.9 Å². The molecule has 1 aromatic heterocycles. The molecule has 2 fully saturated rings. The summed E-state index contributed by atoms with van der Waals surface area (Å²) in [5.74, 6) is 2.77. The van der Waals surface area contributed by atoms with Crippen molar-refractivity contribution in [2.75, 3.05) is 48.9 Å². The minimum absolute atomic E-state index is 0.518. The van der Waals surface area contributed by atoms with Crippen LogP contribution in [0, 0.1) is 5.92 Å². The molecule has 1 aliphatic carbocycles. The van der Waals surface area contributed by atoms with Crippen LogP contribution in [0.3, 0.4) is 0 Å². The quantitative estimate of drug-likeness (QED) is 0.831. The molecule has 1 aliphatic heterocycles. The summed E-state index contributed by atoms with van der Waals surface area (Å²) >= 11 is 0. The summed E-state index contributed by atoms with van der Waals surface area (Å²) in [5.41, 5.74) is 0. The molecule has 1 saturated carbocycles.